The van der Waals surface area contributed by atoms with E-state index in [0.717, 1.165) is 17.7 Å². The Labute approximate surface area is 83.5 Å². The van der Waals surface area contributed by atoms with Crippen LogP contribution in [0.1, 0.15) is 17.9 Å². The molecule has 0 radical (unpaired) electrons. The molecule has 0 saturated heterocycles. The first-order valence-electron chi connectivity index (χ1n) is 4.73. The van der Waals surface area contributed by atoms with E-state index < -0.39 is 5.54 Å². The van der Waals surface area contributed by atoms with Gasteiger partial charge in [-0.2, -0.15) is 0 Å². The van der Waals surface area contributed by atoms with Gasteiger partial charge in [-0.25, -0.2) is 0 Å². The number of methoxy groups -OCH3 is 1. The number of benzene rings is 1. The minimum atomic E-state index is -0.396. The zero-order chi connectivity index (χ0) is 10.2. The molecule has 76 valence electrons. The molecule has 0 spiro atoms. The summed E-state index contributed by atoms with van der Waals surface area (Å²) >= 11 is 0. The van der Waals surface area contributed by atoms with Crippen molar-refractivity contribution in [1.29, 1.82) is 0 Å². The molecule has 1 aliphatic carbocycles. The van der Waals surface area contributed by atoms with Crippen molar-refractivity contribution in [2.45, 2.75) is 17.9 Å². The molecule has 3 nitrogen and oxygen atoms in total. The number of aliphatic hydroxyl groups is 1. The normalized spacial score (nSPS) is 30.1. The third-order valence-electron chi connectivity index (χ3n) is 2.91. The Morgan fingerprint density at radius 1 is 1.64 bits per heavy atom. The summed E-state index contributed by atoms with van der Waals surface area (Å²) in [6.07, 6.45) is 0.858. The van der Waals surface area contributed by atoms with Gasteiger partial charge in [0.05, 0.1) is 13.7 Å². The summed E-state index contributed by atoms with van der Waals surface area (Å²) in [5, 5.41) is 9.07. The molecule has 0 aliphatic heterocycles. The molecule has 1 saturated carbocycles. The van der Waals surface area contributed by atoms with Crippen LogP contribution in [0, 0.1) is 0 Å². The van der Waals surface area contributed by atoms with Crippen LogP contribution in [0.5, 0.6) is 5.75 Å². The number of hydrogen-bond donors (Lipinski definition) is 2. The fourth-order valence-electron chi connectivity index (χ4n) is 1.80. The first-order valence-corrected chi connectivity index (χ1v) is 4.73. The van der Waals surface area contributed by atoms with Crippen molar-refractivity contribution in [2.24, 2.45) is 5.73 Å². The molecule has 1 fully saturated rings. The zero-order valence-corrected chi connectivity index (χ0v) is 8.23. The predicted octanol–water partition coefficient (Wildman–Crippen LogP) is 0.872. The van der Waals surface area contributed by atoms with Gasteiger partial charge in [0.2, 0.25) is 0 Å². The van der Waals surface area contributed by atoms with Crippen LogP contribution in [-0.2, 0) is 0 Å². The summed E-state index contributed by atoms with van der Waals surface area (Å²) in [4.78, 5) is 0. The number of rotatable bonds is 3. The molecular weight excluding hydrogens is 178 g/mol. The third-order valence-corrected chi connectivity index (χ3v) is 2.91. The SMILES string of the molecule is COc1cccc(C2CC2(N)CO)c1. The molecule has 1 aromatic carbocycles. The van der Waals surface area contributed by atoms with Gasteiger partial charge in [-0.1, -0.05) is 12.1 Å². The smallest absolute Gasteiger partial charge is 0.119 e. The van der Waals surface area contributed by atoms with Crippen LogP contribution >= 0.6 is 0 Å². The average Bonchev–Trinajstić information content (AvgIpc) is 2.92. The standard InChI is InChI=1S/C11H15NO2/c1-14-9-4-2-3-8(5-9)10-6-11(10,12)7-13/h2-5,10,13H,6-7,12H2,1H3. The van der Waals surface area contributed by atoms with Crippen molar-refractivity contribution in [1.82, 2.24) is 0 Å². The molecule has 0 amide bonds. The Morgan fingerprint density at radius 3 is 3.00 bits per heavy atom. The van der Waals surface area contributed by atoms with E-state index in [2.05, 4.69) is 0 Å². The van der Waals surface area contributed by atoms with Gasteiger partial charge in [0.15, 0.2) is 0 Å². The lowest BCUT2D eigenvalue weighted by atomic mass is 10.1. The zero-order valence-electron chi connectivity index (χ0n) is 8.23. The second-order valence-corrected chi connectivity index (χ2v) is 3.92. The number of ether oxygens (including phenoxy) is 1. The fourth-order valence-corrected chi connectivity index (χ4v) is 1.80. The highest BCUT2D eigenvalue weighted by atomic mass is 16.5. The minimum Gasteiger partial charge on any atom is -0.497 e. The van der Waals surface area contributed by atoms with Crippen LogP contribution in [0.3, 0.4) is 0 Å². The lowest BCUT2D eigenvalue weighted by molar-refractivity contribution is 0.253. The van der Waals surface area contributed by atoms with Crippen molar-refractivity contribution in [3.05, 3.63) is 29.8 Å². The Kier molecular flexibility index (Phi) is 2.21. The summed E-state index contributed by atoms with van der Waals surface area (Å²) in [7, 11) is 1.65. The van der Waals surface area contributed by atoms with Gasteiger partial charge in [0, 0.05) is 11.5 Å². The van der Waals surface area contributed by atoms with Gasteiger partial charge in [-0.05, 0) is 24.1 Å². The molecule has 2 rings (SSSR count). The Morgan fingerprint density at radius 2 is 2.43 bits per heavy atom. The Balaban J connectivity index is 2.19. The molecular formula is C11H15NO2. The van der Waals surface area contributed by atoms with Crippen molar-refractivity contribution in [3.63, 3.8) is 0 Å². The van der Waals surface area contributed by atoms with Crippen molar-refractivity contribution in [3.8, 4) is 5.75 Å². The monoisotopic (exact) mass is 193 g/mol. The van der Waals surface area contributed by atoms with Crippen LogP contribution in [0.25, 0.3) is 0 Å². The molecule has 3 N–H and O–H groups in total. The van der Waals surface area contributed by atoms with E-state index in [4.69, 9.17) is 15.6 Å². The molecule has 0 bridgehead atoms. The number of nitrogens with two attached hydrogens (primary N) is 1. The molecule has 2 atom stereocenters. The predicted molar refractivity (Wildman–Crippen MR) is 54.4 cm³/mol. The Bertz CT molecular complexity index is 340. The number of hydrogen-bond acceptors (Lipinski definition) is 3. The van der Waals surface area contributed by atoms with E-state index in [1.54, 1.807) is 7.11 Å². The maximum absolute atomic E-state index is 9.07. The first-order chi connectivity index (χ1) is 6.69. The largest absolute Gasteiger partial charge is 0.497 e. The lowest BCUT2D eigenvalue weighted by Crippen LogP contribution is -2.28. The molecule has 14 heavy (non-hydrogen) atoms. The number of aliphatic hydroxyl groups excluding tert-OH is 1. The third kappa shape index (κ3) is 1.49. The second-order valence-electron chi connectivity index (χ2n) is 3.92. The van der Waals surface area contributed by atoms with E-state index in [9.17, 15) is 0 Å². The molecule has 2 unspecified atom stereocenters. The van der Waals surface area contributed by atoms with E-state index in [0.29, 0.717) is 0 Å². The van der Waals surface area contributed by atoms with Gasteiger partial charge in [-0.15, -0.1) is 0 Å². The molecule has 0 aromatic heterocycles. The Hall–Kier alpha value is -1.06. The quantitative estimate of drug-likeness (QED) is 0.749. The van der Waals surface area contributed by atoms with Crippen LogP contribution in [0.4, 0.5) is 0 Å². The van der Waals surface area contributed by atoms with Gasteiger partial charge in [0.1, 0.15) is 5.75 Å². The summed E-state index contributed by atoms with van der Waals surface area (Å²) in [6, 6.07) is 7.86. The van der Waals surface area contributed by atoms with Gasteiger partial charge >= 0.3 is 0 Å². The van der Waals surface area contributed by atoms with Crippen LogP contribution < -0.4 is 10.5 Å². The molecule has 1 aliphatic rings. The summed E-state index contributed by atoms with van der Waals surface area (Å²) in [6.45, 7) is 0.0505. The van der Waals surface area contributed by atoms with Crippen LogP contribution in [0.15, 0.2) is 24.3 Å². The summed E-state index contributed by atoms with van der Waals surface area (Å²) in [5.74, 6) is 1.12. The van der Waals surface area contributed by atoms with E-state index in [-0.39, 0.29) is 12.5 Å². The van der Waals surface area contributed by atoms with Crippen molar-refractivity contribution in [2.75, 3.05) is 13.7 Å². The molecule has 0 heterocycles. The highest BCUT2D eigenvalue weighted by Gasteiger charge is 2.51. The second kappa shape index (κ2) is 3.26. The van der Waals surface area contributed by atoms with Crippen molar-refractivity contribution < 1.29 is 9.84 Å². The van der Waals surface area contributed by atoms with E-state index >= 15 is 0 Å². The first kappa shape index (κ1) is 9.49. The summed E-state index contributed by atoms with van der Waals surface area (Å²) in [5.41, 5.74) is 6.68. The van der Waals surface area contributed by atoms with Gasteiger partial charge in [-0.3, -0.25) is 0 Å². The van der Waals surface area contributed by atoms with Crippen LogP contribution in [-0.4, -0.2) is 24.4 Å². The highest BCUT2D eigenvalue weighted by Crippen LogP contribution is 2.49. The van der Waals surface area contributed by atoms with Crippen molar-refractivity contribution >= 4 is 0 Å². The molecule has 1 aromatic rings. The summed E-state index contributed by atoms with van der Waals surface area (Å²) < 4.78 is 5.13. The fraction of sp³-hybridized carbons (Fsp3) is 0.455. The lowest BCUT2D eigenvalue weighted by Gasteiger charge is -2.08. The van der Waals surface area contributed by atoms with Crippen LogP contribution in [0.2, 0.25) is 0 Å². The maximum Gasteiger partial charge on any atom is 0.119 e. The minimum absolute atomic E-state index is 0.0505. The maximum atomic E-state index is 9.07. The topological polar surface area (TPSA) is 55.5 Å². The molecule has 3 heteroatoms. The average molecular weight is 193 g/mol. The highest BCUT2D eigenvalue weighted by molar-refractivity contribution is 5.38. The van der Waals surface area contributed by atoms with E-state index in [1.165, 1.54) is 0 Å². The van der Waals surface area contributed by atoms with E-state index in [1.807, 2.05) is 24.3 Å². The van der Waals surface area contributed by atoms with Gasteiger partial charge in [0.25, 0.3) is 0 Å². The van der Waals surface area contributed by atoms with Gasteiger partial charge < -0.3 is 15.6 Å².